The average molecular weight is 434 g/mol. The van der Waals surface area contributed by atoms with Gasteiger partial charge in [-0.05, 0) is 55.0 Å². The lowest BCUT2D eigenvalue weighted by atomic mass is 9.99. The van der Waals surface area contributed by atoms with E-state index in [1.807, 2.05) is 0 Å². The maximum Gasteiger partial charge on any atom is 0.296 e. The molecular formula is C24H22N2O6. The van der Waals surface area contributed by atoms with Crippen molar-refractivity contribution in [1.82, 2.24) is 9.88 Å². The first kappa shape index (κ1) is 21.2. The third-order valence-corrected chi connectivity index (χ3v) is 5.33. The Morgan fingerprint density at radius 3 is 2.41 bits per heavy atom. The fourth-order valence-electron chi connectivity index (χ4n) is 3.76. The fraction of sp³-hybridized carbons (Fsp3) is 0.208. The molecule has 0 aliphatic carbocycles. The lowest BCUT2D eigenvalue weighted by molar-refractivity contribution is -0.140. The van der Waals surface area contributed by atoms with E-state index in [2.05, 4.69) is 4.98 Å². The summed E-state index contributed by atoms with van der Waals surface area (Å²) >= 11 is 0. The minimum atomic E-state index is -0.884. The largest absolute Gasteiger partial charge is 0.507 e. The van der Waals surface area contributed by atoms with Gasteiger partial charge < -0.3 is 23.9 Å². The van der Waals surface area contributed by atoms with Crippen LogP contribution in [0.4, 0.5) is 0 Å². The number of amides is 1. The Morgan fingerprint density at radius 1 is 1.06 bits per heavy atom. The van der Waals surface area contributed by atoms with Crippen molar-refractivity contribution in [3.05, 3.63) is 83.1 Å². The molecule has 8 heteroatoms. The number of benzene rings is 1. The van der Waals surface area contributed by atoms with Crippen molar-refractivity contribution >= 4 is 17.4 Å². The van der Waals surface area contributed by atoms with E-state index >= 15 is 0 Å². The number of Topliss-reactive ketones (excluding diaryl/α,β-unsaturated/α-hetero) is 1. The van der Waals surface area contributed by atoms with Gasteiger partial charge in [0.15, 0.2) is 11.5 Å². The molecule has 1 aliphatic heterocycles. The Kier molecular flexibility index (Phi) is 5.68. The van der Waals surface area contributed by atoms with Crippen LogP contribution in [0.1, 0.15) is 28.7 Å². The average Bonchev–Trinajstić information content (AvgIpc) is 3.35. The van der Waals surface area contributed by atoms with Crippen molar-refractivity contribution < 1.29 is 28.6 Å². The van der Waals surface area contributed by atoms with Gasteiger partial charge in [-0.2, -0.15) is 0 Å². The highest BCUT2D eigenvalue weighted by atomic mass is 16.5. The van der Waals surface area contributed by atoms with E-state index in [0.29, 0.717) is 28.6 Å². The number of nitrogens with zero attached hydrogens (tertiary/aromatic N) is 2. The predicted molar refractivity (Wildman–Crippen MR) is 115 cm³/mol. The lowest BCUT2D eigenvalue weighted by Crippen LogP contribution is -2.29. The second-order valence-corrected chi connectivity index (χ2v) is 7.30. The number of aliphatic hydroxyl groups excluding tert-OH is 1. The number of aryl methyl sites for hydroxylation is 1. The van der Waals surface area contributed by atoms with Crippen LogP contribution in [-0.4, -0.2) is 40.9 Å². The number of carbonyl (C=O) groups is 2. The quantitative estimate of drug-likeness (QED) is 0.359. The standard InChI is InChI=1S/C24H22N2O6/c1-14-4-6-18(32-14)21-20(22(27)16-5-7-17(30-2)19(12-16)31-3)23(28)24(29)26(21)13-15-8-10-25-11-9-15/h4-12,21,27H,13H2,1-3H3/b22-20-. The third-order valence-electron chi connectivity index (χ3n) is 5.33. The van der Waals surface area contributed by atoms with Gasteiger partial charge in [0.05, 0.1) is 19.8 Å². The molecule has 1 fully saturated rings. The smallest absolute Gasteiger partial charge is 0.296 e. The van der Waals surface area contributed by atoms with Crippen LogP contribution in [0.3, 0.4) is 0 Å². The number of carbonyl (C=O) groups excluding carboxylic acids is 2. The summed E-state index contributed by atoms with van der Waals surface area (Å²) < 4.78 is 16.3. The van der Waals surface area contributed by atoms with E-state index in [1.54, 1.807) is 61.8 Å². The van der Waals surface area contributed by atoms with Crippen molar-refractivity contribution in [1.29, 1.82) is 0 Å². The van der Waals surface area contributed by atoms with Gasteiger partial charge in [0.2, 0.25) is 0 Å². The van der Waals surface area contributed by atoms with Gasteiger partial charge in [-0.1, -0.05) is 0 Å². The molecule has 2 aromatic heterocycles. The van der Waals surface area contributed by atoms with E-state index in [1.165, 1.54) is 19.1 Å². The molecule has 164 valence electrons. The molecule has 1 unspecified atom stereocenters. The summed E-state index contributed by atoms with van der Waals surface area (Å²) in [6, 6.07) is 10.9. The second-order valence-electron chi connectivity index (χ2n) is 7.30. The highest BCUT2D eigenvalue weighted by Crippen LogP contribution is 2.41. The molecule has 0 bridgehead atoms. The van der Waals surface area contributed by atoms with Crippen LogP contribution in [0.2, 0.25) is 0 Å². The van der Waals surface area contributed by atoms with Gasteiger partial charge in [-0.25, -0.2) is 0 Å². The summed E-state index contributed by atoms with van der Waals surface area (Å²) in [5, 5.41) is 11.1. The number of aromatic nitrogens is 1. The molecule has 3 aromatic rings. The number of rotatable bonds is 6. The first-order valence-corrected chi connectivity index (χ1v) is 9.90. The zero-order valence-electron chi connectivity index (χ0n) is 17.9. The number of aliphatic hydroxyl groups is 1. The van der Waals surface area contributed by atoms with Crippen molar-refractivity contribution in [2.45, 2.75) is 19.5 Å². The van der Waals surface area contributed by atoms with E-state index in [0.717, 1.165) is 5.56 Å². The molecule has 1 aliphatic rings. The number of methoxy groups -OCH3 is 2. The van der Waals surface area contributed by atoms with Gasteiger partial charge in [0.25, 0.3) is 11.7 Å². The predicted octanol–water partition coefficient (Wildman–Crippen LogP) is 3.62. The van der Waals surface area contributed by atoms with Crippen molar-refractivity contribution in [2.75, 3.05) is 14.2 Å². The molecule has 1 saturated heterocycles. The first-order chi connectivity index (χ1) is 15.4. The third kappa shape index (κ3) is 3.71. The van der Waals surface area contributed by atoms with Crippen LogP contribution in [0.15, 0.2) is 64.8 Å². The zero-order chi connectivity index (χ0) is 22.8. The Balaban J connectivity index is 1.85. The number of hydrogen-bond donors (Lipinski definition) is 1. The molecule has 3 heterocycles. The Morgan fingerprint density at radius 2 is 1.78 bits per heavy atom. The minimum absolute atomic E-state index is 0.0503. The summed E-state index contributed by atoms with van der Waals surface area (Å²) in [6.45, 7) is 1.92. The summed E-state index contributed by atoms with van der Waals surface area (Å²) in [4.78, 5) is 31.4. The highest BCUT2D eigenvalue weighted by molar-refractivity contribution is 6.46. The lowest BCUT2D eigenvalue weighted by Gasteiger charge is -2.23. The highest BCUT2D eigenvalue weighted by Gasteiger charge is 2.47. The molecule has 4 rings (SSSR count). The van der Waals surface area contributed by atoms with Crippen LogP contribution in [0.5, 0.6) is 11.5 Å². The Labute approximate surface area is 184 Å². The monoisotopic (exact) mass is 434 g/mol. The molecule has 0 spiro atoms. The van der Waals surface area contributed by atoms with Crippen molar-refractivity contribution in [2.24, 2.45) is 0 Å². The molecule has 1 atom stereocenters. The Hall–Kier alpha value is -4.07. The van der Waals surface area contributed by atoms with Crippen LogP contribution in [0, 0.1) is 6.92 Å². The SMILES string of the molecule is COc1ccc(/C(O)=C2/C(=O)C(=O)N(Cc3ccncc3)C2c2ccc(C)o2)cc1OC. The van der Waals surface area contributed by atoms with Crippen LogP contribution >= 0.6 is 0 Å². The van der Waals surface area contributed by atoms with Crippen LogP contribution < -0.4 is 9.47 Å². The minimum Gasteiger partial charge on any atom is -0.507 e. The fourth-order valence-corrected chi connectivity index (χ4v) is 3.76. The molecule has 0 radical (unpaired) electrons. The number of ether oxygens (including phenoxy) is 2. The van der Waals surface area contributed by atoms with Gasteiger partial charge in [0.1, 0.15) is 23.3 Å². The number of likely N-dealkylation sites (tertiary alicyclic amines) is 1. The maximum atomic E-state index is 13.1. The summed E-state index contributed by atoms with van der Waals surface area (Å²) in [5.74, 6) is 0.0422. The normalized spacial score (nSPS) is 17.6. The van der Waals surface area contributed by atoms with Gasteiger partial charge in [-0.3, -0.25) is 14.6 Å². The van der Waals surface area contributed by atoms with E-state index in [-0.39, 0.29) is 17.9 Å². The van der Waals surface area contributed by atoms with Crippen molar-refractivity contribution in [3.8, 4) is 11.5 Å². The summed E-state index contributed by atoms with van der Waals surface area (Å²) in [5.41, 5.74) is 1.06. The number of hydrogen-bond acceptors (Lipinski definition) is 7. The number of furan rings is 1. The zero-order valence-corrected chi connectivity index (χ0v) is 17.9. The number of ketones is 1. The molecule has 1 N–H and O–H groups in total. The van der Waals surface area contributed by atoms with E-state index < -0.39 is 17.7 Å². The van der Waals surface area contributed by atoms with Crippen LogP contribution in [-0.2, 0) is 16.1 Å². The topological polar surface area (TPSA) is 102 Å². The first-order valence-electron chi connectivity index (χ1n) is 9.90. The molecule has 1 aromatic carbocycles. The number of pyridine rings is 1. The summed E-state index contributed by atoms with van der Waals surface area (Å²) in [7, 11) is 2.97. The second kappa shape index (κ2) is 8.58. The maximum absolute atomic E-state index is 13.1. The molecule has 32 heavy (non-hydrogen) atoms. The van der Waals surface area contributed by atoms with Gasteiger partial charge in [0, 0.05) is 24.5 Å². The van der Waals surface area contributed by atoms with E-state index in [4.69, 9.17) is 13.9 Å². The molecule has 0 saturated carbocycles. The molecule has 1 amide bonds. The summed E-state index contributed by atoms with van der Waals surface area (Å²) in [6.07, 6.45) is 3.23. The molecule has 8 nitrogen and oxygen atoms in total. The van der Waals surface area contributed by atoms with Gasteiger partial charge >= 0.3 is 0 Å². The Bertz CT molecular complexity index is 1200. The van der Waals surface area contributed by atoms with Crippen LogP contribution in [0.25, 0.3) is 5.76 Å². The van der Waals surface area contributed by atoms with E-state index in [9.17, 15) is 14.7 Å². The molecular weight excluding hydrogens is 412 g/mol. The van der Waals surface area contributed by atoms with Gasteiger partial charge in [-0.15, -0.1) is 0 Å². The van der Waals surface area contributed by atoms with Crippen molar-refractivity contribution in [3.63, 3.8) is 0 Å².